The van der Waals surface area contributed by atoms with Crippen LogP contribution in [0.2, 0.25) is 0 Å². The standard InChI is InChI=1S/C15H23N3/c1-15(2)7-9-18(11-15)14-12(4-3-8-16-14)10-17-13-5-6-13/h3-4,8,13,17H,5-7,9-11H2,1-2H3. The summed E-state index contributed by atoms with van der Waals surface area (Å²) in [6, 6.07) is 5.02. The van der Waals surface area contributed by atoms with Gasteiger partial charge in [0, 0.05) is 37.4 Å². The summed E-state index contributed by atoms with van der Waals surface area (Å²) in [6.45, 7) is 7.92. The topological polar surface area (TPSA) is 28.2 Å². The molecule has 18 heavy (non-hydrogen) atoms. The van der Waals surface area contributed by atoms with Gasteiger partial charge < -0.3 is 10.2 Å². The van der Waals surface area contributed by atoms with Crippen LogP contribution in [0.25, 0.3) is 0 Å². The molecule has 3 nitrogen and oxygen atoms in total. The van der Waals surface area contributed by atoms with E-state index in [1.165, 1.54) is 30.6 Å². The third kappa shape index (κ3) is 2.66. The summed E-state index contributed by atoms with van der Waals surface area (Å²) in [5, 5.41) is 3.59. The van der Waals surface area contributed by atoms with Gasteiger partial charge in [-0.25, -0.2) is 4.98 Å². The first kappa shape index (κ1) is 12.0. The Bertz CT molecular complexity index is 424. The number of pyridine rings is 1. The summed E-state index contributed by atoms with van der Waals surface area (Å²) < 4.78 is 0. The summed E-state index contributed by atoms with van der Waals surface area (Å²) in [4.78, 5) is 7.06. The highest BCUT2D eigenvalue weighted by molar-refractivity contribution is 5.48. The Hall–Kier alpha value is -1.09. The van der Waals surface area contributed by atoms with Crippen LogP contribution in [0.15, 0.2) is 18.3 Å². The van der Waals surface area contributed by atoms with Crippen molar-refractivity contribution < 1.29 is 0 Å². The van der Waals surface area contributed by atoms with E-state index in [2.05, 4.69) is 41.2 Å². The molecule has 1 saturated carbocycles. The van der Waals surface area contributed by atoms with E-state index >= 15 is 0 Å². The van der Waals surface area contributed by atoms with E-state index in [9.17, 15) is 0 Å². The van der Waals surface area contributed by atoms with Gasteiger partial charge in [0.2, 0.25) is 0 Å². The van der Waals surface area contributed by atoms with E-state index in [1.807, 2.05) is 6.20 Å². The Labute approximate surface area is 110 Å². The van der Waals surface area contributed by atoms with E-state index in [0.717, 1.165) is 25.7 Å². The van der Waals surface area contributed by atoms with Crippen molar-refractivity contribution in [1.82, 2.24) is 10.3 Å². The minimum absolute atomic E-state index is 0.429. The van der Waals surface area contributed by atoms with E-state index in [-0.39, 0.29) is 0 Å². The fourth-order valence-electron chi connectivity index (χ4n) is 2.69. The molecule has 0 spiro atoms. The predicted octanol–water partition coefficient (Wildman–Crippen LogP) is 2.57. The second kappa shape index (κ2) is 4.54. The first-order valence-electron chi connectivity index (χ1n) is 7.06. The summed E-state index contributed by atoms with van der Waals surface area (Å²) in [5.74, 6) is 1.19. The molecule has 0 aromatic carbocycles. The lowest BCUT2D eigenvalue weighted by Crippen LogP contribution is -2.26. The maximum atomic E-state index is 4.61. The summed E-state index contributed by atoms with van der Waals surface area (Å²) in [6.07, 6.45) is 5.86. The number of hydrogen-bond donors (Lipinski definition) is 1. The Balaban J connectivity index is 1.73. The Morgan fingerprint density at radius 3 is 2.94 bits per heavy atom. The minimum Gasteiger partial charge on any atom is -0.356 e. The zero-order valence-corrected chi connectivity index (χ0v) is 11.4. The molecule has 1 aromatic heterocycles. The van der Waals surface area contributed by atoms with Gasteiger partial charge in [0.05, 0.1) is 0 Å². The molecule has 98 valence electrons. The van der Waals surface area contributed by atoms with Crippen LogP contribution in [0.1, 0.15) is 38.7 Å². The largest absolute Gasteiger partial charge is 0.356 e. The number of anilines is 1. The number of nitrogens with one attached hydrogen (secondary N) is 1. The van der Waals surface area contributed by atoms with Crippen LogP contribution in [0.3, 0.4) is 0 Å². The molecule has 1 N–H and O–H groups in total. The first-order chi connectivity index (χ1) is 8.64. The molecular weight excluding hydrogens is 222 g/mol. The third-order valence-corrected chi connectivity index (χ3v) is 4.00. The zero-order chi connectivity index (χ0) is 12.6. The van der Waals surface area contributed by atoms with Crippen molar-refractivity contribution in [3.05, 3.63) is 23.9 Å². The van der Waals surface area contributed by atoms with Crippen molar-refractivity contribution in [2.75, 3.05) is 18.0 Å². The van der Waals surface area contributed by atoms with Crippen LogP contribution in [0.4, 0.5) is 5.82 Å². The van der Waals surface area contributed by atoms with Crippen LogP contribution in [0.5, 0.6) is 0 Å². The van der Waals surface area contributed by atoms with E-state index in [1.54, 1.807) is 0 Å². The van der Waals surface area contributed by atoms with Crippen molar-refractivity contribution in [2.24, 2.45) is 5.41 Å². The minimum atomic E-state index is 0.429. The molecule has 0 bridgehead atoms. The highest BCUT2D eigenvalue weighted by Gasteiger charge is 2.31. The summed E-state index contributed by atoms with van der Waals surface area (Å²) >= 11 is 0. The van der Waals surface area contributed by atoms with Gasteiger partial charge in [0.25, 0.3) is 0 Å². The number of hydrogen-bond acceptors (Lipinski definition) is 3. The van der Waals surface area contributed by atoms with Crippen molar-refractivity contribution in [2.45, 2.75) is 45.7 Å². The van der Waals surface area contributed by atoms with Gasteiger partial charge in [-0.2, -0.15) is 0 Å². The molecule has 2 fully saturated rings. The van der Waals surface area contributed by atoms with Crippen molar-refractivity contribution >= 4 is 5.82 Å². The molecule has 1 aliphatic carbocycles. The lowest BCUT2D eigenvalue weighted by Gasteiger charge is -2.23. The normalized spacial score (nSPS) is 22.4. The molecular formula is C15H23N3. The second-order valence-corrected chi connectivity index (χ2v) is 6.48. The summed E-state index contributed by atoms with van der Waals surface area (Å²) in [7, 11) is 0. The highest BCUT2D eigenvalue weighted by atomic mass is 15.2. The van der Waals surface area contributed by atoms with Gasteiger partial charge in [-0.3, -0.25) is 0 Å². The summed E-state index contributed by atoms with van der Waals surface area (Å²) in [5.41, 5.74) is 1.78. The smallest absolute Gasteiger partial charge is 0.133 e. The number of nitrogens with zero attached hydrogens (tertiary/aromatic N) is 2. The predicted molar refractivity (Wildman–Crippen MR) is 74.7 cm³/mol. The van der Waals surface area contributed by atoms with Crippen LogP contribution < -0.4 is 10.2 Å². The highest BCUT2D eigenvalue weighted by Crippen LogP contribution is 2.33. The lowest BCUT2D eigenvalue weighted by atomic mass is 9.93. The average Bonchev–Trinajstić information content (AvgIpc) is 3.10. The van der Waals surface area contributed by atoms with Gasteiger partial charge in [-0.05, 0) is 30.7 Å². The van der Waals surface area contributed by atoms with E-state index < -0.39 is 0 Å². The Morgan fingerprint density at radius 2 is 2.28 bits per heavy atom. The fraction of sp³-hybridized carbons (Fsp3) is 0.667. The average molecular weight is 245 g/mol. The molecule has 0 radical (unpaired) electrons. The maximum absolute atomic E-state index is 4.61. The molecule has 3 heteroatoms. The molecule has 1 saturated heterocycles. The Morgan fingerprint density at radius 1 is 1.44 bits per heavy atom. The molecule has 0 atom stereocenters. The molecule has 2 heterocycles. The van der Waals surface area contributed by atoms with Gasteiger partial charge in [0.1, 0.15) is 5.82 Å². The van der Waals surface area contributed by atoms with Crippen LogP contribution >= 0.6 is 0 Å². The molecule has 1 aromatic rings. The van der Waals surface area contributed by atoms with Crippen LogP contribution in [-0.4, -0.2) is 24.1 Å². The van der Waals surface area contributed by atoms with Gasteiger partial charge in [0.15, 0.2) is 0 Å². The first-order valence-corrected chi connectivity index (χ1v) is 7.06. The second-order valence-electron chi connectivity index (χ2n) is 6.48. The van der Waals surface area contributed by atoms with E-state index in [0.29, 0.717) is 5.41 Å². The number of rotatable bonds is 4. The molecule has 2 aliphatic rings. The van der Waals surface area contributed by atoms with Crippen LogP contribution in [0, 0.1) is 5.41 Å². The van der Waals surface area contributed by atoms with Gasteiger partial charge in [-0.15, -0.1) is 0 Å². The monoisotopic (exact) mass is 245 g/mol. The maximum Gasteiger partial charge on any atom is 0.133 e. The SMILES string of the molecule is CC1(C)CCN(c2ncccc2CNC2CC2)C1. The molecule has 3 rings (SSSR count). The van der Waals surface area contributed by atoms with E-state index in [4.69, 9.17) is 0 Å². The lowest BCUT2D eigenvalue weighted by molar-refractivity contribution is 0.418. The zero-order valence-electron chi connectivity index (χ0n) is 11.4. The van der Waals surface area contributed by atoms with Crippen molar-refractivity contribution in [3.8, 4) is 0 Å². The quantitative estimate of drug-likeness (QED) is 0.883. The molecule has 0 amide bonds. The third-order valence-electron chi connectivity index (χ3n) is 4.00. The van der Waals surface area contributed by atoms with Crippen molar-refractivity contribution in [3.63, 3.8) is 0 Å². The van der Waals surface area contributed by atoms with Crippen LogP contribution in [-0.2, 0) is 6.54 Å². The van der Waals surface area contributed by atoms with Gasteiger partial charge in [-0.1, -0.05) is 19.9 Å². The fourth-order valence-corrected chi connectivity index (χ4v) is 2.69. The number of aromatic nitrogens is 1. The van der Waals surface area contributed by atoms with Gasteiger partial charge >= 0.3 is 0 Å². The molecule has 0 unspecified atom stereocenters. The van der Waals surface area contributed by atoms with Crippen molar-refractivity contribution in [1.29, 1.82) is 0 Å². The molecule has 1 aliphatic heterocycles. The Kier molecular flexibility index (Phi) is 3.02.